The van der Waals surface area contributed by atoms with Gasteiger partial charge in [0, 0.05) is 9.35 Å². The highest BCUT2D eigenvalue weighted by Crippen LogP contribution is 2.23. The van der Waals surface area contributed by atoms with Crippen LogP contribution < -0.4 is 10.6 Å². The largest absolute Gasteiger partial charge is 0.406 e. The maximum Gasteiger partial charge on any atom is 0.315 e. The predicted octanol–water partition coefficient (Wildman–Crippen LogP) is 2.79. The molecule has 0 aliphatic heterocycles. The van der Waals surface area contributed by atoms with Crippen LogP contribution in [-0.4, -0.2) is 17.2 Å². The highest BCUT2D eigenvalue weighted by Gasteiger charge is 2.11. The van der Waals surface area contributed by atoms with Gasteiger partial charge < -0.3 is 15.1 Å². The zero-order valence-electron chi connectivity index (χ0n) is 9.53. The van der Waals surface area contributed by atoms with Crippen LogP contribution in [0.5, 0.6) is 0 Å². The molecule has 5 nitrogen and oxygen atoms in total. The molecule has 2 aromatic heterocycles. The predicted molar refractivity (Wildman–Crippen MR) is 71.1 cm³/mol. The standard InChI is InChI=1S/C10H13BrN4OS/c1-6(12-2)9-14-15-10(16-9)13-5-8-7(11)3-4-17-8/h3-4,6,12H,5H2,1-2H3,(H,13,15). The Balaban J connectivity index is 1.96. The van der Waals surface area contributed by atoms with Gasteiger partial charge in [-0.3, -0.25) is 0 Å². The first kappa shape index (κ1) is 12.5. The van der Waals surface area contributed by atoms with E-state index in [0.29, 0.717) is 18.5 Å². The second-order valence-corrected chi connectivity index (χ2v) is 5.36. The molecule has 0 amide bonds. The summed E-state index contributed by atoms with van der Waals surface area (Å²) in [5.74, 6) is 0.584. The van der Waals surface area contributed by atoms with E-state index in [0.717, 1.165) is 4.47 Å². The number of halogens is 1. The minimum absolute atomic E-state index is 0.0616. The average molecular weight is 317 g/mol. The van der Waals surface area contributed by atoms with Gasteiger partial charge in [0.05, 0.1) is 12.6 Å². The smallest absolute Gasteiger partial charge is 0.315 e. The molecule has 0 aliphatic rings. The number of rotatable bonds is 5. The van der Waals surface area contributed by atoms with Crippen LogP contribution in [0.25, 0.3) is 0 Å². The number of anilines is 1. The number of nitrogens with one attached hydrogen (secondary N) is 2. The minimum atomic E-state index is 0.0616. The molecule has 2 rings (SSSR count). The molecule has 92 valence electrons. The third kappa shape index (κ3) is 3.05. The monoisotopic (exact) mass is 316 g/mol. The molecule has 0 aliphatic carbocycles. The Morgan fingerprint density at radius 1 is 1.53 bits per heavy atom. The Kier molecular flexibility index (Phi) is 4.14. The number of hydrogen-bond donors (Lipinski definition) is 2. The first-order valence-electron chi connectivity index (χ1n) is 5.17. The van der Waals surface area contributed by atoms with Crippen molar-refractivity contribution in [1.29, 1.82) is 0 Å². The molecule has 0 aromatic carbocycles. The summed E-state index contributed by atoms with van der Waals surface area (Å²) in [5.41, 5.74) is 0. The lowest BCUT2D eigenvalue weighted by molar-refractivity contribution is 0.441. The van der Waals surface area contributed by atoms with Crippen molar-refractivity contribution in [3.63, 3.8) is 0 Å². The second kappa shape index (κ2) is 5.61. The molecule has 0 spiro atoms. The second-order valence-electron chi connectivity index (χ2n) is 3.50. The molecule has 0 bridgehead atoms. The van der Waals surface area contributed by atoms with Crippen molar-refractivity contribution in [3.05, 3.63) is 26.7 Å². The van der Waals surface area contributed by atoms with Crippen LogP contribution in [-0.2, 0) is 6.54 Å². The fourth-order valence-corrected chi connectivity index (χ4v) is 2.64. The maximum atomic E-state index is 5.47. The molecular weight excluding hydrogens is 304 g/mol. The van der Waals surface area contributed by atoms with E-state index in [9.17, 15) is 0 Å². The fraction of sp³-hybridized carbons (Fsp3) is 0.400. The lowest BCUT2D eigenvalue weighted by atomic mass is 10.3. The molecule has 2 aromatic rings. The van der Waals surface area contributed by atoms with Crippen molar-refractivity contribution >= 4 is 33.3 Å². The van der Waals surface area contributed by atoms with Crippen molar-refractivity contribution in [1.82, 2.24) is 15.5 Å². The zero-order valence-corrected chi connectivity index (χ0v) is 11.9. The van der Waals surface area contributed by atoms with Crippen molar-refractivity contribution in [2.75, 3.05) is 12.4 Å². The molecule has 17 heavy (non-hydrogen) atoms. The highest BCUT2D eigenvalue weighted by molar-refractivity contribution is 9.10. The van der Waals surface area contributed by atoms with Gasteiger partial charge in [0.25, 0.3) is 0 Å². The summed E-state index contributed by atoms with van der Waals surface area (Å²) in [5, 5.41) is 16.1. The molecule has 7 heteroatoms. The van der Waals surface area contributed by atoms with E-state index < -0.39 is 0 Å². The highest BCUT2D eigenvalue weighted by atomic mass is 79.9. The van der Waals surface area contributed by atoms with E-state index in [1.165, 1.54) is 4.88 Å². The molecule has 0 saturated heterocycles. The van der Waals surface area contributed by atoms with Crippen molar-refractivity contribution in [2.24, 2.45) is 0 Å². The third-order valence-corrected chi connectivity index (χ3v) is 4.26. The van der Waals surface area contributed by atoms with E-state index in [2.05, 4.69) is 36.8 Å². The van der Waals surface area contributed by atoms with Crippen molar-refractivity contribution < 1.29 is 4.42 Å². The number of thiophene rings is 1. The summed E-state index contributed by atoms with van der Waals surface area (Å²) in [6.07, 6.45) is 0. The normalized spacial score (nSPS) is 12.6. The third-order valence-electron chi connectivity index (χ3n) is 2.34. The average Bonchev–Trinajstić information content (AvgIpc) is 2.94. The van der Waals surface area contributed by atoms with Crippen LogP contribution in [0.2, 0.25) is 0 Å². The van der Waals surface area contributed by atoms with Crippen LogP contribution in [0.3, 0.4) is 0 Å². The summed E-state index contributed by atoms with van der Waals surface area (Å²) < 4.78 is 6.56. The van der Waals surface area contributed by atoms with Crippen molar-refractivity contribution in [2.45, 2.75) is 19.5 Å². The zero-order chi connectivity index (χ0) is 12.3. The van der Waals surface area contributed by atoms with Crippen LogP contribution in [0.15, 0.2) is 20.3 Å². The van der Waals surface area contributed by atoms with Gasteiger partial charge in [-0.15, -0.1) is 16.4 Å². The van der Waals surface area contributed by atoms with Gasteiger partial charge >= 0.3 is 6.01 Å². The fourth-order valence-electron chi connectivity index (χ4n) is 1.21. The summed E-state index contributed by atoms with van der Waals surface area (Å²) in [4.78, 5) is 1.20. The quantitative estimate of drug-likeness (QED) is 0.888. The van der Waals surface area contributed by atoms with Gasteiger partial charge in [0.1, 0.15) is 0 Å². The molecule has 1 unspecified atom stereocenters. The molecular formula is C10H13BrN4OS. The molecule has 2 heterocycles. The minimum Gasteiger partial charge on any atom is -0.406 e. The summed E-state index contributed by atoms with van der Waals surface area (Å²) in [6.45, 7) is 2.64. The Hall–Kier alpha value is -0.920. The summed E-state index contributed by atoms with van der Waals surface area (Å²) in [6, 6.07) is 2.53. The van der Waals surface area contributed by atoms with E-state index in [4.69, 9.17) is 4.42 Å². The molecule has 0 fully saturated rings. The topological polar surface area (TPSA) is 63.0 Å². The maximum absolute atomic E-state index is 5.47. The lowest BCUT2D eigenvalue weighted by Gasteiger charge is -2.03. The number of hydrogen-bond acceptors (Lipinski definition) is 6. The lowest BCUT2D eigenvalue weighted by Crippen LogP contribution is -2.12. The van der Waals surface area contributed by atoms with E-state index >= 15 is 0 Å². The Morgan fingerprint density at radius 3 is 3.00 bits per heavy atom. The van der Waals surface area contributed by atoms with Gasteiger partial charge in [-0.25, -0.2) is 0 Å². The Morgan fingerprint density at radius 2 is 2.35 bits per heavy atom. The SMILES string of the molecule is CNC(C)c1nnc(NCc2sccc2Br)o1. The van der Waals surface area contributed by atoms with Gasteiger partial charge in [0.15, 0.2) is 0 Å². The first-order valence-corrected chi connectivity index (χ1v) is 6.84. The van der Waals surface area contributed by atoms with Crippen LogP contribution >= 0.6 is 27.3 Å². The summed E-state index contributed by atoms with van der Waals surface area (Å²) >= 11 is 5.15. The Bertz CT molecular complexity index is 484. The number of aromatic nitrogens is 2. The van der Waals surface area contributed by atoms with E-state index in [1.54, 1.807) is 11.3 Å². The van der Waals surface area contributed by atoms with Crippen LogP contribution in [0.1, 0.15) is 23.7 Å². The van der Waals surface area contributed by atoms with Crippen LogP contribution in [0, 0.1) is 0 Å². The van der Waals surface area contributed by atoms with Gasteiger partial charge in [-0.05, 0) is 41.3 Å². The van der Waals surface area contributed by atoms with E-state index in [1.807, 2.05) is 25.4 Å². The van der Waals surface area contributed by atoms with Crippen molar-refractivity contribution in [3.8, 4) is 0 Å². The molecule has 0 radical (unpaired) electrons. The number of nitrogens with zero attached hydrogens (tertiary/aromatic N) is 2. The van der Waals surface area contributed by atoms with E-state index in [-0.39, 0.29) is 6.04 Å². The molecule has 1 atom stereocenters. The van der Waals surface area contributed by atoms with Gasteiger partial charge in [-0.2, -0.15) is 0 Å². The Labute approximate surface area is 112 Å². The summed E-state index contributed by atoms with van der Waals surface area (Å²) in [7, 11) is 1.85. The molecule has 0 saturated carbocycles. The van der Waals surface area contributed by atoms with Gasteiger partial charge in [-0.1, -0.05) is 5.10 Å². The van der Waals surface area contributed by atoms with Crippen LogP contribution in [0.4, 0.5) is 6.01 Å². The van der Waals surface area contributed by atoms with Gasteiger partial charge in [0.2, 0.25) is 5.89 Å². The first-order chi connectivity index (χ1) is 8.20. The molecule has 2 N–H and O–H groups in total.